The van der Waals surface area contributed by atoms with E-state index < -0.39 is 0 Å². The first-order valence-corrected chi connectivity index (χ1v) is 6.97. The summed E-state index contributed by atoms with van der Waals surface area (Å²) in [6, 6.07) is 4.89. The Morgan fingerprint density at radius 1 is 1.29 bits per heavy atom. The zero-order chi connectivity index (χ0) is 14.7. The lowest BCUT2D eigenvalue weighted by atomic mass is 9.93. The first-order valence-electron chi connectivity index (χ1n) is 6.60. The first kappa shape index (κ1) is 17.6. The van der Waals surface area contributed by atoms with Gasteiger partial charge >= 0.3 is 0 Å². The molecular weight excluding hydrogens is 313 g/mol. The van der Waals surface area contributed by atoms with Gasteiger partial charge in [0.25, 0.3) is 5.91 Å². The van der Waals surface area contributed by atoms with Gasteiger partial charge < -0.3 is 16.4 Å². The Bertz CT molecular complexity index is 529. The smallest absolute Gasteiger partial charge is 0.255 e. The van der Waals surface area contributed by atoms with Crippen molar-refractivity contribution in [2.24, 2.45) is 11.7 Å². The number of primary amides is 1. The van der Waals surface area contributed by atoms with E-state index in [1.165, 1.54) is 0 Å². The van der Waals surface area contributed by atoms with Crippen molar-refractivity contribution in [1.82, 2.24) is 4.90 Å². The van der Waals surface area contributed by atoms with Crippen LogP contribution in [0.5, 0.6) is 0 Å². The zero-order valence-corrected chi connectivity index (χ0v) is 13.1. The number of piperidine rings is 1. The molecule has 2 rings (SSSR count). The Morgan fingerprint density at radius 2 is 1.90 bits per heavy atom. The Balaban J connectivity index is 0.00000220. The van der Waals surface area contributed by atoms with Crippen molar-refractivity contribution in [3.63, 3.8) is 0 Å². The molecule has 0 aliphatic carbocycles. The molecule has 4 N–H and O–H groups in total. The van der Waals surface area contributed by atoms with E-state index in [2.05, 4.69) is 0 Å². The van der Waals surface area contributed by atoms with Crippen molar-refractivity contribution in [2.45, 2.75) is 19.3 Å². The molecule has 0 saturated carbocycles. The van der Waals surface area contributed by atoms with Crippen LogP contribution in [0.3, 0.4) is 0 Å². The number of hydrogen-bond acceptors (Lipinski definition) is 3. The number of benzene rings is 1. The van der Waals surface area contributed by atoms with Crippen molar-refractivity contribution in [3.05, 3.63) is 28.8 Å². The molecule has 5 nitrogen and oxygen atoms in total. The molecule has 2 amide bonds. The fourth-order valence-electron chi connectivity index (χ4n) is 2.50. The second-order valence-corrected chi connectivity index (χ2v) is 5.55. The van der Waals surface area contributed by atoms with Crippen LogP contribution >= 0.6 is 24.0 Å². The zero-order valence-electron chi connectivity index (χ0n) is 11.5. The summed E-state index contributed by atoms with van der Waals surface area (Å²) in [5.41, 5.74) is 11.8. The van der Waals surface area contributed by atoms with Crippen molar-refractivity contribution in [2.75, 3.05) is 18.8 Å². The fourth-order valence-corrected chi connectivity index (χ4v) is 2.77. The van der Waals surface area contributed by atoms with Crippen LogP contribution in [0.15, 0.2) is 18.2 Å². The molecule has 1 aromatic rings. The summed E-state index contributed by atoms with van der Waals surface area (Å²) < 4.78 is 0. The number of nitrogen functional groups attached to an aromatic ring is 1. The highest BCUT2D eigenvalue weighted by Crippen LogP contribution is 2.25. The Kier molecular flexibility index (Phi) is 6.30. The number of carbonyl (C=O) groups excluding carboxylic acids is 2. The van der Waals surface area contributed by atoms with Gasteiger partial charge in [0.05, 0.1) is 10.6 Å². The summed E-state index contributed by atoms with van der Waals surface area (Å²) in [5.74, 6) is -0.0951. The summed E-state index contributed by atoms with van der Waals surface area (Å²) in [7, 11) is 0. The number of nitrogens with zero attached hydrogens (tertiary/aromatic N) is 1. The highest BCUT2D eigenvalue weighted by Gasteiger charge is 2.25. The monoisotopic (exact) mass is 331 g/mol. The fraction of sp³-hybridized carbons (Fsp3) is 0.429. The molecule has 0 radical (unpaired) electrons. The maximum absolute atomic E-state index is 12.4. The second-order valence-electron chi connectivity index (χ2n) is 5.15. The van der Waals surface area contributed by atoms with E-state index in [0.717, 1.165) is 12.8 Å². The number of amides is 2. The number of nitrogens with two attached hydrogens (primary N) is 2. The molecule has 1 aromatic carbocycles. The van der Waals surface area contributed by atoms with E-state index in [0.29, 0.717) is 35.8 Å². The minimum absolute atomic E-state index is 0. The molecule has 7 heteroatoms. The summed E-state index contributed by atoms with van der Waals surface area (Å²) in [4.78, 5) is 25.0. The average Bonchev–Trinajstić information content (AvgIpc) is 2.38. The molecule has 0 bridgehead atoms. The molecule has 0 spiro atoms. The van der Waals surface area contributed by atoms with Gasteiger partial charge in [-0.2, -0.15) is 0 Å². The normalized spacial score (nSPS) is 15.4. The van der Waals surface area contributed by atoms with Gasteiger partial charge in [-0.25, -0.2) is 0 Å². The molecule has 0 aromatic heterocycles. The van der Waals surface area contributed by atoms with E-state index in [1.54, 1.807) is 23.1 Å². The van der Waals surface area contributed by atoms with Gasteiger partial charge in [0.1, 0.15) is 0 Å². The third-order valence-electron chi connectivity index (χ3n) is 3.62. The van der Waals surface area contributed by atoms with E-state index in [-0.39, 0.29) is 30.1 Å². The largest absolute Gasteiger partial charge is 0.399 e. The van der Waals surface area contributed by atoms with Gasteiger partial charge in [-0.05, 0) is 37.0 Å². The van der Waals surface area contributed by atoms with Crippen molar-refractivity contribution < 1.29 is 9.59 Å². The Labute approximate surface area is 135 Å². The SMILES string of the molecule is Cl.NC(=O)CC1CCN(C(=O)c2ccc(N)cc2Cl)CC1. The van der Waals surface area contributed by atoms with Gasteiger partial charge in [0, 0.05) is 25.2 Å². The van der Waals surface area contributed by atoms with Crippen LogP contribution < -0.4 is 11.5 Å². The number of halogens is 2. The quantitative estimate of drug-likeness (QED) is 0.831. The van der Waals surface area contributed by atoms with Crippen LogP contribution in [0.25, 0.3) is 0 Å². The number of anilines is 1. The third-order valence-corrected chi connectivity index (χ3v) is 3.93. The van der Waals surface area contributed by atoms with Crippen molar-refractivity contribution in [1.29, 1.82) is 0 Å². The maximum atomic E-state index is 12.4. The number of hydrogen-bond donors (Lipinski definition) is 2. The molecule has 1 aliphatic rings. The average molecular weight is 332 g/mol. The van der Waals surface area contributed by atoms with Crippen molar-refractivity contribution >= 4 is 41.5 Å². The van der Waals surface area contributed by atoms with Gasteiger partial charge in [-0.3, -0.25) is 9.59 Å². The van der Waals surface area contributed by atoms with Gasteiger partial charge in [-0.1, -0.05) is 11.6 Å². The molecular formula is C14H19Cl2N3O2. The predicted molar refractivity (Wildman–Crippen MR) is 85.6 cm³/mol. The van der Waals surface area contributed by atoms with Crippen LogP contribution in [0.2, 0.25) is 5.02 Å². The van der Waals surface area contributed by atoms with Crippen LogP contribution in [0.4, 0.5) is 5.69 Å². The number of carbonyl (C=O) groups is 2. The molecule has 1 aliphatic heterocycles. The van der Waals surface area contributed by atoms with E-state index in [9.17, 15) is 9.59 Å². The Morgan fingerprint density at radius 3 is 2.43 bits per heavy atom. The highest BCUT2D eigenvalue weighted by atomic mass is 35.5. The van der Waals surface area contributed by atoms with Crippen LogP contribution in [-0.4, -0.2) is 29.8 Å². The molecule has 1 saturated heterocycles. The van der Waals surface area contributed by atoms with Gasteiger partial charge in [-0.15, -0.1) is 12.4 Å². The van der Waals surface area contributed by atoms with Crippen LogP contribution in [0.1, 0.15) is 29.6 Å². The summed E-state index contributed by atoms with van der Waals surface area (Å²) >= 11 is 6.05. The second kappa shape index (κ2) is 7.52. The van der Waals surface area contributed by atoms with Crippen LogP contribution in [0, 0.1) is 5.92 Å². The van der Waals surface area contributed by atoms with E-state index in [1.807, 2.05) is 0 Å². The van der Waals surface area contributed by atoms with E-state index in [4.69, 9.17) is 23.1 Å². The predicted octanol–water partition coefficient (Wildman–Crippen LogP) is 2.07. The third kappa shape index (κ3) is 4.51. The molecule has 0 atom stereocenters. The lowest BCUT2D eigenvalue weighted by molar-refractivity contribution is -0.119. The maximum Gasteiger partial charge on any atom is 0.255 e. The summed E-state index contributed by atoms with van der Waals surface area (Å²) in [6.45, 7) is 1.25. The highest BCUT2D eigenvalue weighted by molar-refractivity contribution is 6.34. The molecule has 1 fully saturated rings. The molecule has 0 unspecified atom stereocenters. The standard InChI is InChI=1S/C14H18ClN3O2.ClH/c15-12-8-10(16)1-2-11(12)14(20)18-5-3-9(4-6-18)7-13(17)19;/h1-2,8-9H,3-7,16H2,(H2,17,19);1H. The van der Waals surface area contributed by atoms with Crippen LogP contribution in [-0.2, 0) is 4.79 Å². The van der Waals surface area contributed by atoms with E-state index >= 15 is 0 Å². The minimum Gasteiger partial charge on any atom is -0.399 e. The van der Waals surface area contributed by atoms with Gasteiger partial charge in [0.15, 0.2) is 0 Å². The lowest BCUT2D eigenvalue weighted by Gasteiger charge is -2.31. The topological polar surface area (TPSA) is 89.4 Å². The molecule has 21 heavy (non-hydrogen) atoms. The minimum atomic E-state index is -0.281. The molecule has 116 valence electrons. The van der Waals surface area contributed by atoms with Gasteiger partial charge in [0.2, 0.25) is 5.91 Å². The number of rotatable bonds is 3. The summed E-state index contributed by atoms with van der Waals surface area (Å²) in [5, 5.41) is 0.370. The Hall–Kier alpha value is -1.46. The lowest BCUT2D eigenvalue weighted by Crippen LogP contribution is -2.39. The first-order chi connectivity index (χ1) is 9.47. The summed E-state index contributed by atoms with van der Waals surface area (Å²) in [6.07, 6.45) is 1.98. The number of likely N-dealkylation sites (tertiary alicyclic amines) is 1. The molecule has 1 heterocycles. The van der Waals surface area contributed by atoms with Crippen molar-refractivity contribution in [3.8, 4) is 0 Å².